The van der Waals surface area contributed by atoms with Crippen LogP contribution < -0.4 is 0 Å². The van der Waals surface area contributed by atoms with Crippen LogP contribution in [0.2, 0.25) is 0 Å². The van der Waals surface area contributed by atoms with Crippen molar-refractivity contribution in [2.45, 2.75) is 26.2 Å². The van der Waals surface area contributed by atoms with Gasteiger partial charge in [-0.1, -0.05) is 26.8 Å². The van der Waals surface area contributed by atoms with Gasteiger partial charge in [-0.2, -0.15) is 0 Å². The van der Waals surface area contributed by atoms with Gasteiger partial charge in [0.15, 0.2) is 0 Å². The second kappa shape index (κ2) is 5.51. The molecule has 2 nitrogen and oxygen atoms in total. The summed E-state index contributed by atoms with van der Waals surface area (Å²) in [5, 5.41) is 0. The van der Waals surface area contributed by atoms with Crippen molar-refractivity contribution in [1.29, 1.82) is 0 Å². The van der Waals surface area contributed by atoms with E-state index in [2.05, 4.69) is 60.5 Å². The van der Waals surface area contributed by atoms with E-state index in [0.717, 1.165) is 16.9 Å². The first-order chi connectivity index (χ1) is 9.05. The molecule has 20 heavy (non-hydrogen) atoms. The van der Waals surface area contributed by atoms with Crippen LogP contribution in [0.3, 0.4) is 0 Å². The maximum absolute atomic E-state index is 4.49. The molecule has 0 fully saturated rings. The summed E-state index contributed by atoms with van der Waals surface area (Å²) in [6, 6.07) is 15.8. The third-order valence-corrected chi connectivity index (χ3v) is 3.36. The molecule has 105 valence electrons. The summed E-state index contributed by atoms with van der Waals surface area (Å²) >= 11 is 0. The van der Waals surface area contributed by atoms with Crippen LogP contribution in [-0.2, 0) is 25.5 Å². The van der Waals surface area contributed by atoms with Gasteiger partial charge >= 0.3 is 0 Å². The molecule has 0 aliphatic carbocycles. The maximum Gasteiger partial charge on any atom is 0.0602 e. The molecule has 0 saturated carbocycles. The normalized spacial score (nSPS) is 11.3. The third kappa shape index (κ3) is 2.70. The SMILES string of the molecule is CC(C)(C)c1c[c-]c(-c2ncc3ccccn23)cc1.[Ir]. The van der Waals surface area contributed by atoms with Crippen LogP contribution in [0.15, 0.2) is 48.8 Å². The van der Waals surface area contributed by atoms with Gasteiger partial charge in [0.25, 0.3) is 0 Å². The molecule has 3 rings (SSSR count). The molecule has 0 unspecified atom stereocenters. The van der Waals surface area contributed by atoms with Crippen LogP contribution in [0.25, 0.3) is 16.9 Å². The summed E-state index contributed by atoms with van der Waals surface area (Å²) in [4.78, 5) is 4.49. The Bertz CT molecular complexity index is 706. The number of hydrogen-bond donors (Lipinski definition) is 0. The molecule has 1 aromatic carbocycles. The molecule has 0 aliphatic heterocycles. The Hall–Kier alpha value is -1.44. The fourth-order valence-corrected chi connectivity index (χ4v) is 2.17. The van der Waals surface area contributed by atoms with E-state index in [9.17, 15) is 0 Å². The van der Waals surface area contributed by atoms with Crippen LogP contribution in [0.4, 0.5) is 0 Å². The van der Waals surface area contributed by atoms with Crippen molar-refractivity contribution in [3.8, 4) is 11.4 Å². The molecule has 0 aliphatic rings. The van der Waals surface area contributed by atoms with Gasteiger partial charge in [-0.3, -0.25) is 4.98 Å². The van der Waals surface area contributed by atoms with Crippen LogP contribution >= 0.6 is 0 Å². The minimum atomic E-state index is 0. The number of hydrogen-bond acceptors (Lipinski definition) is 1. The zero-order valence-corrected chi connectivity index (χ0v) is 14.2. The number of benzene rings is 1. The number of pyridine rings is 1. The smallest absolute Gasteiger partial charge is 0.0602 e. The molecule has 2 aromatic heterocycles. The average molecular weight is 442 g/mol. The molecule has 2 heterocycles. The number of rotatable bonds is 1. The van der Waals surface area contributed by atoms with Crippen molar-refractivity contribution < 1.29 is 20.1 Å². The number of fused-ring (bicyclic) bond motifs is 1. The first kappa shape index (κ1) is 15.0. The molecule has 0 spiro atoms. The van der Waals surface area contributed by atoms with Gasteiger partial charge in [0.1, 0.15) is 0 Å². The van der Waals surface area contributed by atoms with Gasteiger partial charge < -0.3 is 4.40 Å². The van der Waals surface area contributed by atoms with Crippen molar-refractivity contribution in [3.05, 3.63) is 60.4 Å². The Morgan fingerprint density at radius 3 is 2.55 bits per heavy atom. The molecule has 0 bridgehead atoms. The van der Waals surface area contributed by atoms with Crippen LogP contribution in [0.5, 0.6) is 0 Å². The predicted molar refractivity (Wildman–Crippen MR) is 78.2 cm³/mol. The molecule has 1 radical (unpaired) electrons. The molecular formula is C17H17IrN2-. The molecule has 3 aromatic rings. The molecule has 0 N–H and O–H groups in total. The maximum atomic E-state index is 4.49. The van der Waals surface area contributed by atoms with E-state index in [1.165, 1.54) is 5.56 Å². The molecule has 0 atom stereocenters. The van der Waals surface area contributed by atoms with Gasteiger partial charge in [-0.25, -0.2) is 0 Å². The van der Waals surface area contributed by atoms with E-state index in [-0.39, 0.29) is 25.5 Å². The number of imidazole rings is 1. The van der Waals surface area contributed by atoms with Crippen molar-refractivity contribution >= 4 is 5.52 Å². The molecule has 0 saturated heterocycles. The second-order valence-corrected chi connectivity index (χ2v) is 5.82. The van der Waals surface area contributed by atoms with Crippen molar-refractivity contribution in [2.24, 2.45) is 0 Å². The summed E-state index contributed by atoms with van der Waals surface area (Å²) < 4.78 is 2.09. The average Bonchev–Trinajstić information content (AvgIpc) is 2.82. The minimum Gasteiger partial charge on any atom is -0.340 e. The topological polar surface area (TPSA) is 17.3 Å². The van der Waals surface area contributed by atoms with Gasteiger partial charge in [0.05, 0.1) is 11.3 Å². The van der Waals surface area contributed by atoms with Gasteiger partial charge in [-0.05, 0) is 17.5 Å². The summed E-state index contributed by atoms with van der Waals surface area (Å²) in [5.74, 6) is 0.941. The minimum absolute atomic E-state index is 0. The summed E-state index contributed by atoms with van der Waals surface area (Å²) in [6.07, 6.45) is 3.92. The Kier molecular flexibility index (Phi) is 4.12. The Balaban J connectivity index is 0.00000147. The van der Waals surface area contributed by atoms with Gasteiger partial charge in [0.2, 0.25) is 0 Å². The van der Waals surface area contributed by atoms with Crippen LogP contribution in [0.1, 0.15) is 26.3 Å². The zero-order chi connectivity index (χ0) is 13.5. The van der Waals surface area contributed by atoms with Crippen molar-refractivity contribution in [3.63, 3.8) is 0 Å². The molecule has 3 heteroatoms. The van der Waals surface area contributed by atoms with E-state index < -0.39 is 0 Å². The van der Waals surface area contributed by atoms with Crippen LogP contribution in [-0.4, -0.2) is 9.38 Å². The van der Waals surface area contributed by atoms with E-state index >= 15 is 0 Å². The first-order valence-corrected chi connectivity index (χ1v) is 6.50. The van der Waals surface area contributed by atoms with Crippen molar-refractivity contribution in [2.75, 3.05) is 0 Å². The van der Waals surface area contributed by atoms with E-state index in [1.807, 2.05) is 24.5 Å². The van der Waals surface area contributed by atoms with Gasteiger partial charge in [-0.15, -0.1) is 35.4 Å². The van der Waals surface area contributed by atoms with E-state index in [4.69, 9.17) is 0 Å². The Morgan fingerprint density at radius 1 is 1.10 bits per heavy atom. The third-order valence-electron chi connectivity index (χ3n) is 3.36. The second-order valence-electron chi connectivity index (χ2n) is 5.82. The van der Waals surface area contributed by atoms with Crippen LogP contribution in [0, 0.1) is 6.07 Å². The standard InChI is InChI=1S/C17H17N2.Ir/c1-17(2,3)14-9-7-13(8-10-14)16-18-12-15-6-4-5-11-19(15)16;/h4-7,9-12H,1-3H3;/q-1;. The van der Waals surface area contributed by atoms with E-state index in [0.29, 0.717) is 0 Å². The molecular weight excluding hydrogens is 424 g/mol. The summed E-state index contributed by atoms with van der Waals surface area (Å²) in [6.45, 7) is 6.63. The Labute approximate surface area is 133 Å². The number of aromatic nitrogens is 2. The summed E-state index contributed by atoms with van der Waals surface area (Å²) in [7, 11) is 0. The van der Waals surface area contributed by atoms with Gasteiger partial charge in [0, 0.05) is 32.5 Å². The first-order valence-electron chi connectivity index (χ1n) is 6.50. The van der Waals surface area contributed by atoms with Crippen molar-refractivity contribution in [1.82, 2.24) is 9.38 Å². The fourth-order valence-electron chi connectivity index (χ4n) is 2.17. The predicted octanol–water partition coefficient (Wildman–Crippen LogP) is 4.10. The quantitative estimate of drug-likeness (QED) is 0.520. The number of nitrogens with zero attached hydrogens (tertiary/aromatic N) is 2. The molecule has 0 amide bonds. The Morgan fingerprint density at radius 2 is 1.90 bits per heavy atom. The summed E-state index contributed by atoms with van der Waals surface area (Å²) in [5.41, 5.74) is 3.58. The largest absolute Gasteiger partial charge is 0.340 e. The monoisotopic (exact) mass is 442 g/mol. The zero-order valence-electron chi connectivity index (χ0n) is 11.8. The van der Waals surface area contributed by atoms with E-state index in [1.54, 1.807) is 0 Å². The fraction of sp³-hybridized carbons (Fsp3) is 0.235.